The first kappa shape index (κ1) is 25.6. The quantitative estimate of drug-likeness (QED) is 0.331. The molecule has 0 aromatic heterocycles. The zero-order chi connectivity index (χ0) is 21.4. The maximum Gasteiger partial charge on any atom is 0.150 e. The highest BCUT2D eigenvalue weighted by Gasteiger charge is 2.40. The number of hydrogen-bond donors (Lipinski definition) is 3. The molecule has 0 aliphatic carbocycles. The van der Waals surface area contributed by atoms with Crippen LogP contribution in [-0.4, -0.2) is 46.3 Å². The third-order valence-corrected chi connectivity index (χ3v) is 5.46. The Morgan fingerprint density at radius 3 is 2.19 bits per heavy atom. The molecule has 0 aromatic rings. The number of Topliss-reactive ketones (excluding diaryl/α,β-unsaturated/α-hetero) is 2. The number of aliphatic hydroxyl groups is 2. The summed E-state index contributed by atoms with van der Waals surface area (Å²) >= 11 is 0. The van der Waals surface area contributed by atoms with Gasteiger partial charge in [0.25, 0.3) is 0 Å². The molecule has 5 unspecified atom stereocenters. The Labute approximate surface area is 163 Å². The Bertz CT molecular complexity index is 541. The van der Waals surface area contributed by atoms with Crippen LogP contribution >= 0.6 is 0 Å². The zero-order valence-corrected chi connectivity index (χ0v) is 17.6. The molecule has 5 atom stereocenters. The van der Waals surface area contributed by atoms with Crippen LogP contribution in [0.1, 0.15) is 67.2 Å². The van der Waals surface area contributed by atoms with Crippen molar-refractivity contribution in [3.8, 4) is 0 Å². The SMILES string of the molecule is CC(=O)C(N)/C=C(/C)CCCC(C)C(O)C(C)C(=O)C(C)(C)C(O)CC=O. The van der Waals surface area contributed by atoms with Crippen molar-refractivity contribution in [2.24, 2.45) is 23.0 Å². The fourth-order valence-corrected chi connectivity index (χ4v) is 3.17. The molecule has 0 bridgehead atoms. The predicted molar refractivity (Wildman–Crippen MR) is 106 cm³/mol. The highest BCUT2D eigenvalue weighted by atomic mass is 16.3. The zero-order valence-electron chi connectivity index (χ0n) is 17.6. The van der Waals surface area contributed by atoms with Crippen molar-refractivity contribution in [1.29, 1.82) is 0 Å². The summed E-state index contributed by atoms with van der Waals surface area (Å²) in [6.07, 6.45) is 2.65. The van der Waals surface area contributed by atoms with E-state index >= 15 is 0 Å². The lowest BCUT2D eigenvalue weighted by molar-refractivity contribution is -0.142. The van der Waals surface area contributed by atoms with Gasteiger partial charge in [0.1, 0.15) is 17.9 Å². The van der Waals surface area contributed by atoms with Crippen LogP contribution < -0.4 is 5.73 Å². The molecule has 0 spiro atoms. The minimum absolute atomic E-state index is 0.0788. The highest BCUT2D eigenvalue weighted by Crippen LogP contribution is 2.31. The molecule has 0 aliphatic heterocycles. The molecule has 0 saturated heterocycles. The minimum Gasteiger partial charge on any atom is -0.392 e. The lowest BCUT2D eigenvalue weighted by Gasteiger charge is -2.34. The first-order valence-electron chi connectivity index (χ1n) is 9.63. The minimum atomic E-state index is -1.09. The van der Waals surface area contributed by atoms with Crippen LogP contribution in [0.2, 0.25) is 0 Å². The molecular weight excluding hydrogens is 346 g/mol. The molecule has 0 aliphatic rings. The number of aldehydes is 1. The van der Waals surface area contributed by atoms with Crippen molar-refractivity contribution >= 4 is 17.9 Å². The number of aliphatic hydroxyl groups excluding tert-OH is 2. The fourth-order valence-electron chi connectivity index (χ4n) is 3.17. The molecule has 4 N–H and O–H groups in total. The number of hydrogen-bond acceptors (Lipinski definition) is 6. The van der Waals surface area contributed by atoms with Gasteiger partial charge in [0.2, 0.25) is 0 Å². The van der Waals surface area contributed by atoms with Crippen LogP contribution in [0.3, 0.4) is 0 Å². The molecule has 6 nitrogen and oxygen atoms in total. The highest BCUT2D eigenvalue weighted by molar-refractivity contribution is 5.87. The summed E-state index contributed by atoms with van der Waals surface area (Å²) in [7, 11) is 0. The van der Waals surface area contributed by atoms with Gasteiger partial charge in [-0.1, -0.05) is 39.3 Å². The molecule has 0 amide bonds. The van der Waals surface area contributed by atoms with E-state index in [1.165, 1.54) is 6.92 Å². The lowest BCUT2D eigenvalue weighted by Crippen LogP contribution is -2.44. The summed E-state index contributed by atoms with van der Waals surface area (Å²) in [5, 5.41) is 20.6. The van der Waals surface area contributed by atoms with E-state index in [-0.39, 0.29) is 23.9 Å². The second-order valence-electron chi connectivity index (χ2n) is 8.30. The molecule has 0 saturated carbocycles. The molecule has 0 heterocycles. The van der Waals surface area contributed by atoms with E-state index < -0.39 is 29.6 Å². The average Bonchev–Trinajstić information content (AvgIpc) is 2.59. The Hall–Kier alpha value is -1.37. The fraction of sp³-hybridized carbons (Fsp3) is 0.762. The van der Waals surface area contributed by atoms with Crippen molar-refractivity contribution in [2.75, 3.05) is 0 Å². The number of nitrogens with two attached hydrogens (primary N) is 1. The van der Waals surface area contributed by atoms with E-state index in [9.17, 15) is 24.6 Å². The van der Waals surface area contributed by atoms with Gasteiger partial charge < -0.3 is 20.7 Å². The van der Waals surface area contributed by atoms with E-state index in [0.717, 1.165) is 24.8 Å². The van der Waals surface area contributed by atoms with Gasteiger partial charge in [-0.25, -0.2) is 0 Å². The standard InChI is InChI=1S/C21H37NO5/c1-13(12-17(22)16(4)24)8-7-9-14(2)19(26)15(3)20(27)21(5,6)18(25)10-11-23/h11-12,14-15,17-19,25-26H,7-10,22H2,1-6H3/b13-12-. The van der Waals surface area contributed by atoms with Crippen molar-refractivity contribution in [3.63, 3.8) is 0 Å². The lowest BCUT2D eigenvalue weighted by atomic mass is 9.73. The monoisotopic (exact) mass is 383 g/mol. The molecule has 0 radical (unpaired) electrons. The third kappa shape index (κ3) is 8.03. The summed E-state index contributed by atoms with van der Waals surface area (Å²) in [5.41, 5.74) is 5.65. The molecule has 0 rings (SSSR count). The maximum atomic E-state index is 12.7. The van der Waals surface area contributed by atoms with Crippen LogP contribution in [0.25, 0.3) is 0 Å². The number of rotatable bonds is 13. The molecule has 0 aromatic carbocycles. The number of carbonyl (C=O) groups is 3. The second kappa shape index (κ2) is 11.5. The van der Waals surface area contributed by atoms with Gasteiger partial charge in [0.15, 0.2) is 0 Å². The average molecular weight is 384 g/mol. The number of allylic oxidation sites excluding steroid dienone is 1. The molecule has 27 heavy (non-hydrogen) atoms. The molecular formula is C21H37NO5. The summed E-state index contributed by atoms with van der Waals surface area (Å²) in [6.45, 7) is 10.1. The molecule has 6 heteroatoms. The molecule has 0 fully saturated rings. The van der Waals surface area contributed by atoms with Crippen LogP contribution in [0.4, 0.5) is 0 Å². The van der Waals surface area contributed by atoms with Gasteiger partial charge in [-0.05, 0) is 39.0 Å². The Morgan fingerprint density at radius 2 is 1.70 bits per heavy atom. The Kier molecular flexibility index (Phi) is 10.9. The van der Waals surface area contributed by atoms with Gasteiger partial charge >= 0.3 is 0 Å². The topological polar surface area (TPSA) is 118 Å². The van der Waals surface area contributed by atoms with Crippen LogP contribution in [0.15, 0.2) is 11.6 Å². The van der Waals surface area contributed by atoms with Gasteiger partial charge in [0, 0.05) is 12.3 Å². The Morgan fingerprint density at radius 1 is 1.15 bits per heavy atom. The largest absolute Gasteiger partial charge is 0.392 e. The van der Waals surface area contributed by atoms with Crippen molar-refractivity contribution in [2.45, 2.75) is 85.5 Å². The van der Waals surface area contributed by atoms with Gasteiger partial charge in [-0.15, -0.1) is 0 Å². The number of ketones is 2. The summed E-state index contributed by atoms with van der Waals surface area (Å²) in [4.78, 5) is 34.5. The predicted octanol–water partition coefficient (Wildman–Crippen LogP) is 2.20. The van der Waals surface area contributed by atoms with Crippen LogP contribution in [-0.2, 0) is 14.4 Å². The van der Waals surface area contributed by atoms with E-state index in [0.29, 0.717) is 6.29 Å². The summed E-state index contributed by atoms with van der Waals surface area (Å²) in [6, 6.07) is -0.578. The first-order valence-corrected chi connectivity index (χ1v) is 9.63. The smallest absolute Gasteiger partial charge is 0.150 e. The van der Waals surface area contributed by atoms with Gasteiger partial charge in [-0.3, -0.25) is 9.59 Å². The van der Waals surface area contributed by atoms with Gasteiger partial charge in [-0.2, -0.15) is 0 Å². The Balaban J connectivity index is 4.71. The van der Waals surface area contributed by atoms with Gasteiger partial charge in [0.05, 0.1) is 23.7 Å². The third-order valence-electron chi connectivity index (χ3n) is 5.46. The molecule has 156 valence electrons. The van der Waals surface area contributed by atoms with Crippen molar-refractivity contribution in [3.05, 3.63) is 11.6 Å². The van der Waals surface area contributed by atoms with E-state index in [1.54, 1.807) is 26.8 Å². The maximum absolute atomic E-state index is 12.7. The van der Waals surface area contributed by atoms with E-state index in [2.05, 4.69) is 0 Å². The second-order valence-corrected chi connectivity index (χ2v) is 8.30. The van der Waals surface area contributed by atoms with E-state index in [1.807, 2.05) is 13.8 Å². The van der Waals surface area contributed by atoms with Crippen LogP contribution in [0.5, 0.6) is 0 Å². The van der Waals surface area contributed by atoms with E-state index in [4.69, 9.17) is 5.73 Å². The van der Waals surface area contributed by atoms with Crippen LogP contribution in [0, 0.1) is 17.3 Å². The summed E-state index contributed by atoms with van der Waals surface area (Å²) < 4.78 is 0. The first-order chi connectivity index (χ1) is 12.4. The summed E-state index contributed by atoms with van der Waals surface area (Å²) in [5.74, 6) is -1.07. The van der Waals surface area contributed by atoms with Crippen molar-refractivity contribution < 1.29 is 24.6 Å². The number of carbonyl (C=O) groups excluding carboxylic acids is 3. The normalized spacial score (nSPS) is 18.3. The van der Waals surface area contributed by atoms with Crippen molar-refractivity contribution in [1.82, 2.24) is 0 Å².